The van der Waals surface area contributed by atoms with Crippen molar-refractivity contribution in [3.8, 4) is 39.4 Å². The maximum Gasteiger partial charge on any atom is 0.410 e. The van der Waals surface area contributed by atoms with Crippen molar-refractivity contribution in [2.45, 2.75) is 103 Å². The van der Waals surface area contributed by atoms with Gasteiger partial charge in [-0.2, -0.15) is 0 Å². The predicted molar refractivity (Wildman–Crippen MR) is 202 cm³/mol. The number of ether oxygens (including phenoxy) is 3. The molecular weight excluding hydrogens is 686 g/mol. The van der Waals surface area contributed by atoms with E-state index in [9.17, 15) is 14.4 Å². The third-order valence-corrected chi connectivity index (χ3v) is 11.0. The van der Waals surface area contributed by atoms with E-state index in [0.29, 0.717) is 19.7 Å². The van der Waals surface area contributed by atoms with Gasteiger partial charge in [0, 0.05) is 29.9 Å². The maximum absolute atomic E-state index is 13.7. The van der Waals surface area contributed by atoms with Crippen LogP contribution in [0.1, 0.15) is 101 Å². The Labute approximate surface area is 315 Å². The first kappa shape index (κ1) is 35.7. The highest BCUT2D eigenvalue weighted by Gasteiger charge is 2.39. The number of fused-ring (bicyclic) bond motifs is 6. The number of H-pyrrole nitrogens is 2. The van der Waals surface area contributed by atoms with E-state index in [1.54, 1.807) is 4.90 Å². The average Bonchev–Trinajstić information content (AvgIpc) is 3.97. The standard InChI is InChI=1S/C41H49N7O6/c1-22(2)34(46-39(50)52-6)38(49)47-15-7-10-32(47)37-43-29-14-12-23-18-28-26-13-11-24(17-25(26)21-53-33(28)19-27(23)35(29)45-37)30-20-42-36(44-30)31-9-8-16-48(31)40(51)54-41(3,4)5/h11,13,17-20,22,31-32,34H,7-10,12,14-16,21H2,1-6H3,(H,42,44)(H,43,45)(H,46,50)/t31?,32-,34-/m0/s1. The summed E-state index contributed by atoms with van der Waals surface area (Å²) in [5, 5.41) is 2.73. The zero-order chi connectivity index (χ0) is 37.9. The van der Waals surface area contributed by atoms with Crippen LogP contribution in [-0.4, -0.2) is 79.7 Å². The zero-order valence-electron chi connectivity index (χ0n) is 31.9. The number of methoxy groups -OCH3 is 1. The molecule has 5 heterocycles. The number of amides is 3. The van der Waals surface area contributed by atoms with Gasteiger partial charge in [-0.1, -0.05) is 26.0 Å². The molecule has 3 amide bonds. The number of aromatic nitrogens is 4. The van der Waals surface area contributed by atoms with Crippen LogP contribution in [0.15, 0.2) is 36.5 Å². The van der Waals surface area contributed by atoms with Crippen LogP contribution in [0.25, 0.3) is 33.6 Å². The molecule has 0 bridgehead atoms. The van der Waals surface area contributed by atoms with E-state index in [2.05, 4.69) is 45.6 Å². The second kappa shape index (κ2) is 13.8. The molecule has 3 aliphatic heterocycles. The largest absolute Gasteiger partial charge is 0.488 e. The second-order valence-corrected chi connectivity index (χ2v) is 16.2. The molecule has 3 atom stereocenters. The van der Waals surface area contributed by atoms with Gasteiger partial charge in [0.1, 0.15) is 35.6 Å². The minimum Gasteiger partial charge on any atom is -0.488 e. The maximum atomic E-state index is 13.7. The number of aryl methyl sites for hydroxylation is 2. The van der Waals surface area contributed by atoms with Gasteiger partial charge in [-0.25, -0.2) is 19.6 Å². The first-order valence-corrected chi connectivity index (χ1v) is 19.1. The highest BCUT2D eigenvalue weighted by molar-refractivity contribution is 5.87. The monoisotopic (exact) mass is 735 g/mol. The summed E-state index contributed by atoms with van der Waals surface area (Å²) in [6, 6.07) is 9.77. The number of imidazole rings is 2. The Morgan fingerprint density at radius 2 is 1.69 bits per heavy atom. The summed E-state index contributed by atoms with van der Waals surface area (Å²) in [7, 11) is 1.30. The van der Waals surface area contributed by atoms with Gasteiger partial charge in [0.2, 0.25) is 5.91 Å². The Morgan fingerprint density at radius 1 is 0.926 bits per heavy atom. The lowest BCUT2D eigenvalue weighted by Gasteiger charge is -2.30. The van der Waals surface area contributed by atoms with Gasteiger partial charge in [0.05, 0.1) is 36.8 Å². The number of nitrogens with one attached hydrogen (secondary N) is 3. The molecule has 1 unspecified atom stereocenters. The molecule has 2 aromatic heterocycles. The van der Waals surface area contributed by atoms with Crippen molar-refractivity contribution in [3.05, 3.63) is 65.0 Å². The summed E-state index contributed by atoms with van der Waals surface area (Å²) in [4.78, 5) is 59.2. The zero-order valence-corrected chi connectivity index (χ0v) is 31.9. The molecule has 2 saturated heterocycles. The number of nitrogens with zero attached hydrogens (tertiary/aromatic N) is 4. The summed E-state index contributed by atoms with van der Waals surface area (Å²) < 4.78 is 16.9. The van der Waals surface area contributed by atoms with E-state index in [4.69, 9.17) is 24.2 Å². The Balaban J connectivity index is 1.02. The lowest BCUT2D eigenvalue weighted by Crippen LogP contribution is -2.51. The van der Waals surface area contributed by atoms with Crippen molar-refractivity contribution in [3.63, 3.8) is 0 Å². The first-order valence-electron chi connectivity index (χ1n) is 19.1. The summed E-state index contributed by atoms with van der Waals surface area (Å²) in [6.07, 6.45) is 5.98. The number of aromatic amines is 2. The molecule has 284 valence electrons. The molecule has 0 spiro atoms. The number of carbonyl (C=O) groups is 3. The number of alkyl carbamates (subject to hydrolysis) is 1. The molecule has 54 heavy (non-hydrogen) atoms. The van der Waals surface area contributed by atoms with Crippen LogP contribution >= 0.6 is 0 Å². The van der Waals surface area contributed by atoms with Crippen LogP contribution in [0.3, 0.4) is 0 Å². The van der Waals surface area contributed by atoms with E-state index < -0.39 is 17.7 Å². The predicted octanol–water partition coefficient (Wildman–Crippen LogP) is 7.24. The highest BCUT2D eigenvalue weighted by atomic mass is 16.6. The number of likely N-dealkylation sites (tertiary alicyclic amines) is 2. The fourth-order valence-corrected chi connectivity index (χ4v) is 8.37. The fourth-order valence-electron chi connectivity index (χ4n) is 8.37. The first-order chi connectivity index (χ1) is 25.9. The smallest absolute Gasteiger partial charge is 0.410 e. The van der Waals surface area contributed by atoms with Crippen LogP contribution in [0.5, 0.6) is 5.75 Å². The number of hydrogen-bond donors (Lipinski definition) is 3. The number of benzene rings is 2. The van der Waals surface area contributed by atoms with Crippen molar-refractivity contribution in [1.29, 1.82) is 0 Å². The van der Waals surface area contributed by atoms with Gasteiger partial charge in [-0.15, -0.1) is 0 Å². The van der Waals surface area contributed by atoms with Crippen LogP contribution in [0, 0.1) is 5.92 Å². The highest BCUT2D eigenvalue weighted by Crippen LogP contribution is 2.45. The Morgan fingerprint density at radius 3 is 2.43 bits per heavy atom. The lowest BCUT2D eigenvalue weighted by molar-refractivity contribution is -0.135. The lowest BCUT2D eigenvalue weighted by atomic mass is 9.86. The third kappa shape index (κ3) is 6.58. The van der Waals surface area contributed by atoms with Crippen LogP contribution < -0.4 is 10.1 Å². The SMILES string of the molecule is COC(=O)N[C@H](C(=O)N1CCC[C@H]1c1nc2c([nH]1)CCc1cc3c(cc1-2)OCc1cc(-c2cnc(C4CCCN4C(=O)OC(C)(C)C)[nH]2)ccc1-3)C(C)C. The average molecular weight is 736 g/mol. The Bertz CT molecular complexity index is 2110. The second-order valence-electron chi connectivity index (χ2n) is 16.2. The van der Waals surface area contributed by atoms with Gasteiger partial charge < -0.3 is 34.4 Å². The van der Waals surface area contributed by atoms with E-state index in [0.717, 1.165) is 101 Å². The van der Waals surface area contributed by atoms with Crippen molar-refractivity contribution in [2.75, 3.05) is 20.2 Å². The number of rotatable bonds is 6. The van der Waals surface area contributed by atoms with E-state index in [-0.39, 0.29) is 30.0 Å². The van der Waals surface area contributed by atoms with Gasteiger partial charge in [-0.05, 0) is 106 Å². The fraction of sp³-hybridized carbons (Fsp3) is 0.488. The summed E-state index contributed by atoms with van der Waals surface area (Å²) in [6.45, 7) is 11.2. The van der Waals surface area contributed by atoms with Gasteiger partial charge >= 0.3 is 12.2 Å². The van der Waals surface area contributed by atoms with Gasteiger partial charge in [-0.3, -0.25) is 9.69 Å². The van der Waals surface area contributed by atoms with Gasteiger partial charge in [0.25, 0.3) is 0 Å². The molecule has 13 heteroatoms. The molecular formula is C41H49N7O6. The molecule has 8 rings (SSSR count). The normalized spacial score (nSPS) is 19.4. The van der Waals surface area contributed by atoms with Gasteiger partial charge in [0.15, 0.2) is 0 Å². The third-order valence-electron chi connectivity index (χ3n) is 11.0. The quantitative estimate of drug-likeness (QED) is 0.187. The van der Waals surface area contributed by atoms with Crippen molar-refractivity contribution in [1.82, 2.24) is 35.1 Å². The molecule has 1 aliphatic carbocycles. The summed E-state index contributed by atoms with van der Waals surface area (Å²) in [5.74, 6) is 2.15. The van der Waals surface area contributed by atoms with E-state index >= 15 is 0 Å². The topological polar surface area (TPSA) is 155 Å². The van der Waals surface area contributed by atoms with Crippen molar-refractivity contribution in [2.24, 2.45) is 5.92 Å². The van der Waals surface area contributed by atoms with Crippen molar-refractivity contribution < 1.29 is 28.6 Å². The molecule has 2 aromatic carbocycles. The molecule has 4 aliphatic rings. The summed E-state index contributed by atoms with van der Waals surface area (Å²) >= 11 is 0. The minimum absolute atomic E-state index is 0.101. The molecule has 0 radical (unpaired) electrons. The summed E-state index contributed by atoms with van der Waals surface area (Å²) in [5.41, 5.74) is 8.89. The van der Waals surface area contributed by atoms with Crippen LogP contribution in [0.4, 0.5) is 9.59 Å². The Kier molecular flexibility index (Phi) is 9.13. The molecule has 13 nitrogen and oxygen atoms in total. The van der Waals surface area contributed by atoms with E-state index in [1.807, 2.05) is 45.7 Å². The molecule has 2 fully saturated rings. The molecule has 4 aromatic rings. The van der Waals surface area contributed by atoms with Crippen molar-refractivity contribution >= 4 is 18.1 Å². The molecule has 0 saturated carbocycles. The van der Waals surface area contributed by atoms with Crippen LogP contribution in [0.2, 0.25) is 0 Å². The number of hydrogen-bond acceptors (Lipinski definition) is 8. The van der Waals surface area contributed by atoms with Crippen LogP contribution in [-0.2, 0) is 33.7 Å². The minimum atomic E-state index is -0.684. The number of carbonyl (C=O) groups excluding carboxylic acids is 3. The Hall–Kier alpha value is -5.33. The molecule has 3 N–H and O–H groups in total. The van der Waals surface area contributed by atoms with E-state index in [1.165, 1.54) is 12.7 Å².